The summed E-state index contributed by atoms with van der Waals surface area (Å²) in [7, 11) is 0. The predicted octanol–water partition coefficient (Wildman–Crippen LogP) is 6.71. The summed E-state index contributed by atoms with van der Waals surface area (Å²) in [4.78, 5) is 22.9. The molecule has 1 amide bonds. The van der Waals surface area contributed by atoms with Gasteiger partial charge in [0.2, 0.25) is 0 Å². The summed E-state index contributed by atoms with van der Waals surface area (Å²) in [5.41, 5.74) is 2.90. The van der Waals surface area contributed by atoms with Gasteiger partial charge in [-0.3, -0.25) is 9.59 Å². The Balaban J connectivity index is 2.03. The lowest BCUT2D eigenvalue weighted by molar-refractivity contribution is -0.136. The number of hydrogen-bond donors (Lipinski definition) is 2. The third kappa shape index (κ3) is 10.1. The van der Waals surface area contributed by atoms with Crippen LogP contribution in [0.25, 0.3) is 0 Å². The van der Waals surface area contributed by atoms with Gasteiger partial charge in [0, 0.05) is 12.1 Å². The summed E-state index contributed by atoms with van der Waals surface area (Å²) in [5, 5.41) is 11.4. The van der Waals surface area contributed by atoms with E-state index in [4.69, 9.17) is 9.84 Å². The van der Waals surface area contributed by atoms with Gasteiger partial charge in [-0.15, -0.1) is 0 Å². The van der Waals surface area contributed by atoms with Crippen molar-refractivity contribution in [3.63, 3.8) is 0 Å². The first kappa shape index (κ1) is 26.4. The van der Waals surface area contributed by atoms with Crippen LogP contribution in [0.4, 0.5) is 0 Å². The van der Waals surface area contributed by atoms with E-state index in [2.05, 4.69) is 43.4 Å². The smallest absolute Gasteiger partial charge is 0.305 e. The number of amides is 1. The Morgan fingerprint density at radius 3 is 2.18 bits per heavy atom. The highest BCUT2D eigenvalue weighted by atomic mass is 16.5. The van der Waals surface area contributed by atoms with E-state index in [-0.39, 0.29) is 25.0 Å². The van der Waals surface area contributed by atoms with Crippen LogP contribution in [0.2, 0.25) is 0 Å². The van der Waals surface area contributed by atoms with Crippen LogP contribution in [0.15, 0.2) is 48.5 Å². The minimum absolute atomic E-state index is 0.0723. The number of carbonyl (C=O) groups is 2. The molecule has 180 valence electrons. The number of aliphatic carboxylic acids is 1. The van der Waals surface area contributed by atoms with Crippen molar-refractivity contribution >= 4 is 11.9 Å². The van der Waals surface area contributed by atoms with E-state index in [0.29, 0.717) is 5.56 Å². The molecule has 0 radical (unpaired) electrons. The van der Waals surface area contributed by atoms with Crippen molar-refractivity contribution in [3.8, 4) is 5.75 Å². The molecule has 5 nitrogen and oxygen atoms in total. The average molecular weight is 454 g/mol. The molecule has 2 aromatic rings. The van der Waals surface area contributed by atoms with E-state index < -0.39 is 5.97 Å². The molecule has 33 heavy (non-hydrogen) atoms. The molecule has 0 heterocycles. The number of rotatable bonds is 16. The van der Waals surface area contributed by atoms with Crippen molar-refractivity contribution in [2.24, 2.45) is 0 Å². The number of hydrogen-bond acceptors (Lipinski definition) is 3. The van der Waals surface area contributed by atoms with Crippen molar-refractivity contribution in [1.29, 1.82) is 0 Å². The zero-order valence-electron chi connectivity index (χ0n) is 20.1. The van der Waals surface area contributed by atoms with E-state index >= 15 is 0 Å². The van der Waals surface area contributed by atoms with Crippen LogP contribution in [-0.4, -0.2) is 23.5 Å². The van der Waals surface area contributed by atoms with E-state index in [1.807, 2.05) is 12.1 Å². The number of nitrogens with one attached hydrogen (secondary N) is 1. The molecule has 2 aromatic carbocycles. The molecule has 1 atom stereocenters. The van der Waals surface area contributed by atoms with Gasteiger partial charge in [-0.05, 0) is 61.1 Å². The highest BCUT2D eigenvalue weighted by Gasteiger charge is 2.15. The van der Waals surface area contributed by atoms with Gasteiger partial charge in [0.1, 0.15) is 11.9 Å². The number of ether oxygens (including phenoxy) is 1. The molecule has 5 heteroatoms. The first-order chi connectivity index (χ1) is 16.0. The van der Waals surface area contributed by atoms with Gasteiger partial charge in [0.05, 0.1) is 6.42 Å². The quantitative estimate of drug-likeness (QED) is 0.277. The van der Waals surface area contributed by atoms with Crippen LogP contribution in [-0.2, 0) is 11.2 Å². The van der Waals surface area contributed by atoms with Crippen molar-refractivity contribution in [1.82, 2.24) is 5.32 Å². The van der Waals surface area contributed by atoms with Crippen molar-refractivity contribution in [3.05, 3.63) is 65.2 Å². The van der Waals surface area contributed by atoms with Crippen molar-refractivity contribution < 1.29 is 19.4 Å². The lowest BCUT2D eigenvalue weighted by Crippen LogP contribution is -2.26. The number of carboxylic acid groups (broad SMARTS) is 1. The van der Waals surface area contributed by atoms with Gasteiger partial charge in [-0.25, -0.2) is 0 Å². The number of aryl methyl sites for hydroxylation is 1. The topological polar surface area (TPSA) is 75.6 Å². The molecule has 1 unspecified atom stereocenters. The van der Waals surface area contributed by atoms with E-state index in [1.165, 1.54) is 44.1 Å². The minimum Gasteiger partial charge on any atom is -0.486 e. The van der Waals surface area contributed by atoms with Gasteiger partial charge in [0.25, 0.3) is 5.91 Å². The Hall–Kier alpha value is -2.82. The maximum Gasteiger partial charge on any atom is 0.305 e. The van der Waals surface area contributed by atoms with Crippen LogP contribution < -0.4 is 10.1 Å². The first-order valence-corrected chi connectivity index (χ1v) is 12.4. The van der Waals surface area contributed by atoms with E-state index in [0.717, 1.165) is 30.6 Å². The summed E-state index contributed by atoms with van der Waals surface area (Å²) in [6.45, 7) is 4.54. The second kappa shape index (κ2) is 15.1. The molecule has 0 bridgehead atoms. The summed E-state index contributed by atoms with van der Waals surface area (Å²) in [6.07, 6.45) is 10.2. The monoisotopic (exact) mass is 453 g/mol. The molecule has 0 aromatic heterocycles. The van der Waals surface area contributed by atoms with E-state index in [1.54, 1.807) is 12.1 Å². The van der Waals surface area contributed by atoms with Gasteiger partial charge in [-0.2, -0.15) is 0 Å². The van der Waals surface area contributed by atoms with Crippen LogP contribution in [0.1, 0.15) is 99.2 Å². The predicted molar refractivity (Wildman–Crippen MR) is 133 cm³/mol. The number of benzene rings is 2. The lowest BCUT2D eigenvalue weighted by Gasteiger charge is -2.20. The first-order valence-electron chi connectivity index (χ1n) is 12.4. The van der Waals surface area contributed by atoms with Gasteiger partial charge in [-0.1, -0.05) is 70.2 Å². The molecule has 0 spiro atoms. The second-order valence-electron chi connectivity index (χ2n) is 8.58. The summed E-state index contributed by atoms with van der Waals surface area (Å²) >= 11 is 0. The third-order valence-electron chi connectivity index (χ3n) is 5.76. The fourth-order valence-electron chi connectivity index (χ4n) is 3.76. The molecule has 0 saturated heterocycles. The molecule has 0 aliphatic heterocycles. The molecule has 2 rings (SSSR count). The van der Waals surface area contributed by atoms with Crippen molar-refractivity contribution in [2.75, 3.05) is 6.54 Å². The summed E-state index contributed by atoms with van der Waals surface area (Å²) in [5.74, 6) is -0.324. The summed E-state index contributed by atoms with van der Waals surface area (Å²) < 4.78 is 6.39. The Labute approximate surface area is 198 Å². The molecular weight excluding hydrogens is 414 g/mol. The molecule has 0 fully saturated rings. The van der Waals surface area contributed by atoms with Gasteiger partial charge >= 0.3 is 5.97 Å². The maximum absolute atomic E-state index is 12.2. The molecule has 0 aliphatic carbocycles. The number of carboxylic acids is 1. The minimum atomic E-state index is -0.928. The largest absolute Gasteiger partial charge is 0.486 e. The third-order valence-corrected chi connectivity index (χ3v) is 5.76. The summed E-state index contributed by atoms with van der Waals surface area (Å²) in [6, 6.07) is 15.9. The molecular formula is C28H39NO4. The van der Waals surface area contributed by atoms with Crippen molar-refractivity contribution in [2.45, 2.75) is 84.2 Å². The number of unbranched alkanes of at least 4 members (excludes halogenated alkanes) is 5. The number of carbonyl (C=O) groups excluding carboxylic acids is 1. The Morgan fingerprint density at radius 2 is 1.55 bits per heavy atom. The van der Waals surface area contributed by atoms with Gasteiger partial charge in [0.15, 0.2) is 0 Å². The SMILES string of the molecule is CCCCCCC(Oc1ccc(CCCCC)cc1)c1ccc(C(=O)NCCC(=O)O)cc1. The standard InChI is InChI=1S/C28H39NO4/c1-3-5-7-9-11-26(33-25-18-12-22(13-19-25)10-8-6-4-2)23-14-16-24(17-15-23)28(32)29-21-20-27(30)31/h12-19,26H,3-11,20-21H2,1-2H3,(H,29,32)(H,30,31). The Kier molecular flexibility index (Phi) is 12.1. The normalized spacial score (nSPS) is 11.7. The molecule has 0 saturated carbocycles. The Bertz CT molecular complexity index is 830. The van der Waals surface area contributed by atoms with Crippen LogP contribution >= 0.6 is 0 Å². The Morgan fingerprint density at radius 1 is 0.879 bits per heavy atom. The van der Waals surface area contributed by atoms with Crippen LogP contribution in [0.5, 0.6) is 5.75 Å². The molecule has 0 aliphatic rings. The van der Waals surface area contributed by atoms with E-state index in [9.17, 15) is 9.59 Å². The zero-order valence-corrected chi connectivity index (χ0v) is 20.1. The highest BCUT2D eigenvalue weighted by Crippen LogP contribution is 2.28. The van der Waals surface area contributed by atoms with Gasteiger partial charge < -0.3 is 15.2 Å². The fourth-order valence-corrected chi connectivity index (χ4v) is 3.76. The molecule has 2 N–H and O–H groups in total. The zero-order chi connectivity index (χ0) is 23.9. The lowest BCUT2D eigenvalue weighted by atomic mass is 10.0. The maximum atomic E-state index is 12.2. The van der Waals surface area contributed by atoms with Crippen LogP contribution in [0, 0.1) is 0 Å². The fraction of sp³-hybridized carbons (Fsp3) is 0.500. The highest BCUT2D eigenvalue weighted by molar-refractivity contribution is 5.94. The second-order valence-corrected chi connectivity index (χ2v) is 8.58. The van der Waals surface area contributed by atoms with Crippen LogP contribution in [0.3, 0.4) is 0 Å². The average Bonchev–Trinajstić information content (AvgIpc) is 2.82.